The van der Waals surface area contributed by atoms with Crippen LogP contribution in [0.15, 0.2) is 75.5 Å². The van der Waals surface area contributed by atoms with Crippen LogP contribution in [0.3, 0.4) is 0 Å². The molecule has 1 N–H and O–H groups in total. The molecular weight excluding hydrogens is 514 g/mol. The molecule has 3 atom stereocenters. The fraction of sp³-hybridized carbons (Fsp3) is 0.296. The van der Waals surface area contributed by atoms with Crippen molar-refractivity contribution in [1.29, 1.82) is 0 Å². The summed E-state index contributed by atoms with van der Waals surface area (Å²) in [5.74, 6) is -3.02. The summed E-state index contributed by atoms with van der Waals surface area (Å²) in [5.41, 5.74) is 3.58. The minimum Gasteiger partial charge on any atom is -0.497 e. The molecule has 4 rings (SSSR count). The Balaban J connectivity index is 1.89. The highest BCUT2D eigenvalue weighted by Crippen LogP contribution is 2.48. The lowest BCUT2D eigenvalue weighted by Crippen LogP contribution is -2.43. The summed E-state index contributed by atoms with van der Waals surface area (Å²) >= 11 is 3.49. The molecule has 8 heteroatoms. The van der Waals surface area contributed by atoms with Gasteiger partial charge >= 0.3 is 11.9 Å². The molecule has 2 aliphatic rings. The highest BCUT2D eigenvalue weighted by atomic mass is 79.9. The highest BCUT2D eigenvalue weighted by Gasteiger charge is 2.48. The van der Waals surface area contributed by atoms with Gasteiger partial charge in [-0.1, -0.05) is 40.2 Å². The van der Waals surface area contributed by atoms with E-state index in [0.29, 0.717) is 34.7 Å². The third-order valence-electron chi connectivity index (χ3n) is 6.61. The Bertz CT molecular complexity index is 1250. The standard InChI is InChI=1S/C27H26BrNO6/c1-14-21(26(31)34-3)22(16-6-5-7-17(28)12-16)24-20(29-14)13-19(23(25(24)30)27(32)35-4)15-8-10-18(33-2)11-9-15/h5-12,19,22-23,29H,13H2,1-4H3. The van der Waals surface area contributed by atoms with Crippen molar-refractivity contribution in [2.75, 3.05) is 21.3 Å². The number of hydrogen-bond donors (Lipinski definition) is 1. The van der Waals surface area contributed by atoms with Gasteiger partial charge in [0.05, 0.1) is 26.9 Å². The molecule has 182 valence electrons. The Hall–Kier alpha value is -3.39. The number of allylic oxidation sites excluding steroid dienone is 3. The molecule has 3 unspecified atom stereocenters. The summed E-state index contributed by atoms with van der Waals surface area (Å²) < 4.78 is 16.2. The van der Waals surface area contributed by atoms with Gasteiger partial charge in [0.25, 0.3) is 0 Å². The lowest BCUT2D eigenvalue weighted by molar-refractivity contribution is -0.150. The van der Waals surface area contributed by atoms with E-state index in [0.717, 1.165) is 15.6 Å². The number of Topliss-reactive ketones (excluding diaryl/α,β-unsaturated/α-hetero) is 1. The second-order valence-corrected chi connectivity index (χ2v) is 9.40. The predicted octanol–water partition coefficient (Wildman–Crippen LogP) is 4.39. The largest absolute Gasteiger partial charge is 0.497 e. The van der Waals surface area contributed by atoms with Crippen molar-refractivity contribution in [2.45, 2.75) is 25.2 Å². The number of esters is 2. The van der Waals surface area contributed by atoms with Crippen LogP contribution in [0.2, 0.25) is 0 Å². The van der Waals surface area contributed by atoms with E-state index < -0.39 is 29.7 Å². The number of benzene rings is 2. The fourth-order valence-corrected chi connectivity index (χ4v) is 5.41. The second kappa shape index (κ2) is 10.1. The molecule has 35 heavy (non-hydrogen) atoms. The van der Waals surface area contributed by atoms with E-state index in [1.165, 1.54) is 14.2 Å². The molecule has 0 amide bonds. The molecule has 0 radical (unpaired) electrons. The number of dihydropyridines is 1. The van der Waals surface area contributed by atoms with Crippen LogP contribution >= 0.6 is 15.9 Å². The van der Waals surface area contributed by atoms with Crippen molar-refractivity contribution >= 4 is 33.7 Å². The van der Waals surface area contributed by atoms with Crippen LogP contribution < -0.4 is 10.1 Å². The SMILES string of the molecule is COC(=O)C1=C(C)NC2=C(C(=O)C(C(=O)OC)C(c3ccc(OC)cc3)C2)C1c1cccc(Br)c1. The molecule has 2 aromatic rings. The quantitative estimate of drug-likeness (QED) is 0.445. The summed E-state index contributed by atoms with van der Waals surface area (Å²) in [4.78, 5) is 39.9. The molecule has 0 aromatic heterocycles. The zero-order chi connectivity index (χ0) is 25.3. The lowest BCUT2D eigenvalue weighted by atomic mass is 9.67. The number of ether oxygens (including phenoxy) is 3. The molecule has 0 fully saturated rings. The molecule has 1 aliphatic carbocycles. The lowest BCUT2D eigenvalue weighted by Gasteiger charge is -2.39. The van der Waals surface area contributed by atoms with Crippen molar-refractivity contribution < 1.29 is 28.6 Å². The van der Waals surface area contributed by atoms with Gasteiger partial charge in [-0.2, -0.15) is 0 Å². The van der Waals surface area contributed by atoms with Crippen LogP contribution in [0.1, 0.15) is 36.3 Å². The van der Waals surface area contributed by atoms with Crippen LogP contribution in [0.5, 0.6) is 5.75 Å². The highest BCUT2D eigenvalue weighted by molar-refractivity contribution is 9.10. The van der Waals surface area contributed by atoms with Crippen molar-refractivity contribution in [3.8, 4) is 5.75 Å². The van der Waals surface area contributed by atoms with E-state index in [2.05, 4.69) is 21.2 Å². The first kappa shape index (κ1) is 24.7. The van der Waals surface area contributed by atoms with E-state index in [1.807, 2.05) is 36.4 Å². The molecule has 0 bridgehead atoms. The second-order valence-electron chi connectivity index (χ2n) is 8.48. The van der Waals surface area contributed by atoms with Gasteiger partial charge in [0.2, 0.25) is 0 Å². The van der Waals surface area contributed by atoms with Crippen LogP contribution in [-0.2, 0) is 23.9 Å². The van der Waals surface area contributed by atoms with Crippen LogP contribution in [0, 0.1) is 5.92 Å². The summed E-state index contributed by atoms with van der Waals surface area (Å²) in [7, 11) is 4.17. The van der Waals surface area contributed by atoms with Crippen LogP contribution in [-0.4, -0.2) is 39.1 Å². The molecule has 1 aliphatic heterocycles. The van der Waals surface area contributed by atoms with Crippen molar-refractivity contribution in [3.05, 3.63) is 86.7 Å². The van der Waals surface area contributed by atoms with Gasteiger partial charge in [-0.15, -0.1) is 0 Å². The third-order valence-corrected chi connectivity index (χ3v) is 7.10. The minimum absolute atomic E-state index is 0.337. The third kappa shape index (κ3) is 4.50. The number of hydrogen-bond acceptors (Lipinski definition) is 7. The van der Waals surface area contributed by atoms with Gasteiger partial charge in [-0.3, -0.25) is 9.59 Å². The van der Waals surface area contributed by atoms with E-state index in [1.54, 1.807) is 26.2 Å². The molecular formula is C27H26BrNO6. The average molecular weight is 540 g/mol. The van der Waals surface area contributed by atoms with Gasteiger partial charge < -0.3 is 19.5 Å². The number of nitrogens with one attached hydrogen (secondary N) is 1. The summed E-state index contributed by atoms with van der Waals surface area (Å²) in [6.07, 6.45) is 0.392. The topological polar surface area (TPSA) is 90.9 Å². The molecule has 0 spiro atoms. The smallest absolute Gasteiger partial charge is 0.336 e. The Labute approximate surface area is 212 Å². The monoisotopic (exact) mass is 539 g/mol. The van der Waals surface area contributed by atoms with Crippen molar-refractivity contribution in [2.24, 2.45) is 5.92 Å². The normalized spacial score (nSPS) is 21.7. The predicted molar refractivity (Wildman–Crippen MR) is 133 cm³/mol. The number of ketones is 1. The molecule has 7 nitrogen and oxygen atoms in total. The number of methoxy groups -OCH3 is 3. The number of rotatable bonds is 5. The first-order valence-electron chi connectivity index (χ1n) is 11.1. The van der Waals surface area contributed by atoms with Crippen molar-refractivity contribution in [3.63, 3.8) is 0 Å². The van der Waals surface area contributed by atoms with Gasteiger partial charge in [-0.25, -0.2) is 4.79 Å². The first-order valence-corrected chi connectivity index (χ1v) is 11.9. The zero-order valence-electron chi connectivity index (χ0n) is 19.9. The maximum atomic E-state index is 14.1. The number of halogens is 1. The maximum absolute atomic E-state index is 14.1. The Morgan fingerprint density at radius 3 is 2.31 bits per heavy atom. The van der Waals surface area contributed by atoms with Gasteiger partial charge in [0, 0.05) is 33.3 Å². The van der Waals surface area contributed by atoms with E-state index in [-0.39, 0.29) is 5.78 Å². The maximum Gasteiger partial charge on any atom is 0.336 e. The minimum atomic E-state index is -1.05. The van der Waals surface area contributed by atoms with E-state index in [9.17, 15) is 14.4 Å². The van der Waals surface area contributed by atoms with Gasteiger partial charge in [0.15, 0.2) is 5.78 Å². The molecule has 1 heterocycles. The summed E-state index contributed by atoms with van der Waals surface area (Å²) in [5, 5.41) is 3.28. The van der Waals surface area contributed by atoms with Gasteiger partial charge in [-0.05, 0) is 48.7 Å². The summed E-state index contributed by atoms with van der Waals surface area (Å²) in [6.45, 7) is 1.79. The first-order chi connectivity index (χ1) is 16.8. The number of carbonyl (C=O) groups excluding carboxylic acids is 3. The molecule has 0 saturated carbocycles. The number of carbonyl (C=O) groups is 3. The van der Waals surface area contributed by atoms with Gasteiger partial charge in [0.1, 0.15) is 11.7 Å². The Morgan fingerprint density at radius 2 is 1.71 bits per heavy atom. The zero-order valence-corrected chi connectivity index (χ0v) is 21.5. The van der Waals surface area contributed by atoms with E-state index >= 15 is 0 Å². The van der Waals surface area contributed by atoms with Crippen molar-refractivity contribution in [1.82, 2.24) is 5.32 Å². The summed E-state index contributed by atoms with van der Waals surface area (Å²) in [6, 6.07) is 14.8. The Kier molecular flexibility index (Phi) is 7.12. The average Bonchev–Trinajstić information content (AvgIpc) is 2.87. The van der Waals surface area contributed by atoms with Crippen LogP contribution in [0.4, 0.5) is 0 Å². The van der Waals surface area contributed by atoms with Crippen LogP contribution in [0.25, 0.3) is 0 Å². The van der Waals surface area contributed by atoms with E-state index in [4.69, 9.17) is 14.2 Å². The Morgan fingerprint density at radius 1 is 1.00 bits per heavy atom. The molecule has 0 saturated heterocycles. The fourth-order valence-electron chi connectivity index (χ4n) is 5.00. The molecule has 2 aromatic carbocycles.